The standard InChI is InChI=1S/C20H21N3O4/c24-18(11-6-14-27-15-7-2-1-3-8-15)21-12-13-23-17-10-5-4-9-16(17)22-19(25)20(23)26/h1-5,7-10H,6,11-14H2,(H,21,24)(H,22,25). The van der Waals surface area contributed by atoms with E-state index in [1.165, 1.54) is 4.57 Å². The monoisotopic (exact) mass is 367 g/mol. The number of ether oxygens (including phenoxy) is 1. The van der Waals surface area contributed by atoms with Gasteiger partial charge in [-0.05, 0) is 30.7 Å². The van der Waals surface area contributed by atoms with E-state index in [2.05, 4.69) is 10.3 Å². The maximum atomic E-state index is 12.1. The second kappa shape index (κ2) is 8.84. The molecule has 27 heavy (non-hydrogen) atoms. The maximum Gasteiger partial charge on any atom is 0.316 e. The van der Waals surface area contributed by atoms with Crippen molar-refractivity contribution in [3.8, 4) is 5.75 Å². The van der Waals surface area contributed by atoms with E-state index in [1.807, 2.05) is 30.3 Å². The minimum absolute atomic E-state index is 0.117. The Bertz CT molecular complexity index is 1020. The smallest absolute Gasteiger partial charge is 0.316 e. The summed E-state index contributed by atoms with van der Waals surface area (Å²) < 4.78 is 6.93. The number of amides is 1. The highest BCUT2D eigenvalue weighted by atomic mass is 16.5. The molecule has 1 amide bonds. The molecule has 0 aliphatic rings. The molecular formula is C20H21N3O4. The number of benzene rings is 2. The van der Waals surface area contributed by atoms with Crippen LogP contribution in [0, 0.1) is 0 Å². The third-order valence-electron chi connectivity index (χ3n) is 4.10. The molecule has 140 valence electrons. The second-order valence-corrected chi connectivity index (χ2v) is 6.04. The molecule has 0 spiro atoms. The molecular weight excluding hydrogens is 346 g/mol. The number of aromatic amines is 1. The maximum absolute atomic E-state index is 12.1. The van der Waals surface area contributed by atoms with Gasteiger partial charge in [0, 0.05) is 19.5 Å². The van der Waals surface area contributed by atoms with Gasteiger partial charge in [-0.15, -0.1) is 0 Å². The molecule has 2 N–H and O–H groups in total. The Morgan fingerprint density at radius 3 is 2.59 bits per heavy atom. The van der Waals surface area contributed by atoms with E-state index in [0.29, 0.717) is 30.5 Å². The van der Waals surface area contributed by atoms with Gasteiger partial charge in [-0.3, -0.25) is 14.4 Å². The van der Waals surface area contributed by atoms with E-state index >= 15 is 0 Å². The summed E-state index contributed by atoms with van der Waals surface area (Å²) in [6.45, 7) is 0.955. The normalized spacial score (nSPS) is 10.7. The van der Waals surface area contributed by atoms with Crippen LogP contribution < -0.4 is 21.2 Å². The summed E-state index contributed by atoms with van der Waals surface area (Å²) in [5.74, 6) is 0.660. The molecule has 1 heterocycles. The van der Waals surface area contributed by atoms with E-state index in [4.69, 9.17) is 4.74 Å². The zero-order valence-electron chi connectivity index (χ0n) is 14.8. The van der Waals surface area contributed by atoms with Crippen molar-refractivity contribution in [3.05, 3.63) is 75.3 Å². The number of carbonyl (C=O) groups excluding carboxylic acids is 1. The lowest BCUT2D eigenvalue weighted by molar-refractivity contribution is -0.121. The third-order valence-corrected chi connectivity index (χ3v) is 4.10. The Hall–Kier alpha value is -3.35. The number of carbonyl (C=O) groups is 1. The predicted octanol–water partition coefficient (Wildman–Crippen LogP) is 1.67. The largest absolute Gasteiger partial charge is 0.494 e. The molecule has 0 atom stereocenters. The van der Waals surface area contributed by atoms with E-state index in [0.717, 1.165) is 5.75 Å². The predicted molar refractivity (Wildman–Crippen MR) is 103 cm³/mol. The number of rotatable bonds is 8. The topological polar surface area (TPSA) is 93.2 Å². The molecule has 7 heteroatoms. The van der Waals surface area contributed by atoms with Crippen molar-refractivity contribution in [2.24, 2.45) is 0 Å². The van der Waals surface area contributed by atoms with Crippen LogP contribution in [-0.4, -0.2) is 28.6 Å². The van der Waals surface area contributed by atoms with Crippen molar-refractivity contribution < 1.29 is 9.53 Å². The molecule has 0 saturated heterocycles. The Kier molecular flexibility index (Phi) is 6.04. The first kappa shape index (κ1) is 18.4. The van der Waals surface area contributed by atoms with E-state index in [1.54, 1.807) is 24.3 Å². The highest BCUT2D eigenvalue weighted by molar-refractivity contribution is 5.76. The number of para-hydroxylation sites is 3. The molecule has 0 radical (unpaired) electrons. The summed E-state index contributed by atoms with van der Waals surface area (Å²) >= 11 is 0. The van der Waals surface area contributed by atoms with Crippen LogP contribution in [0.15, 0.2) is 64.2 Å². The Morgan fingerprint density at radius 2 is 1.78 bits per heavy atom. The number of nitrogens with zero attached hydrogens (tertiary/aromatic N) is 1. The molecule has 0 bridgehead atoms. The van der Waals surface area contributed by atoms with Crippen LogP contribution in [-0.2, 0) is 11.3 Å². The van der Waals surface area contributed by atoms with Crippen molar-refractivity contribution in [2.75, 3.05) is 13.2 Å². The first-order chi connectivity index (χ1) is 13.1. The van der Waals surface area contributed by atoms with Crippen LogP contribution in [0.3, 0.4) is 0 Å². The van der Waals surface area contributed by atoms with Gasteiger partial charge in [-0.2, -0.15) is 0 Å². The zero-order chi connectivity index (χ0) is 19.1. The highest BCUT2D eigenvalue weighted by Crippen LogP contribution is 2.09. The van der Waals surface area contributed by atoms with Crippen LogP contribution in [0.5, 0.6) is 5.75 Å². The number of hydrogen-bond donors (Lipinski definition) is 2. The lowest BCUT2D eigenvalue weighted by atomic mass is 10.3. The second-order valence-electron chi connectivity index (χ2n) is 6.04. The summed E-state index contributed by atoms with van der Waals surface area (Å²) in [4.78, 5) is 38.3. The van der Waals surface area contributed by atoms with Crippen LogP contribution in [0.4, 0.5) is 0 Å². The molecule has 3 rings (SSSR count). The van der Waals surface area contributed by atoms with Gasteiger partial charge in [0.25, 0.3) is 0 Å². The molecule has 7 nitrogen and oxygen atoms in total. The lowest BCUT2D eigenvalue weighted by Gasteiger charge is -2.10. The molecule has 0 aliphatic carbocycles. The first-order valence-electron chi connectivity index (χ1n) is 8.81. The van der Waals surface area contributed by atoms with Crippen molar-refractivity contribution in [2.45, 2.75) is 19.4 Å². The SMILES string of the molecule is O=C(CCCOc1ccccc1)NCCn1c(=O)c(=O)[nH]c2ccccc21. The number of fused-ring (bicyclic) bond motifs is 1. The summed E-state index contributed by atoms with van der Waals surface area (Å²) in [5, 5.41) is 2.77. The number of hydrogen-bond acceptors (Lipinski definition) is 4. The minimum Gasteiger partial charge on any atom is -0.494 e. The van der Waals surface area contributed by atoms with Crippen LogP contribution in [0.25, 0.3) is 11.0 Å². The molecule has 0 fully saturated rings. The molecule has 3 aromatic rings. The number of aromatic nitrogens is 2. The summed E-state index contributed by atoms with van der Waals surface area (Å²) in [6.07, 6.45) is 0.923. The van der Waals surface area contributed by atoms with Crippen LogP contribution in [0.1, 0.15) is 12.8 Å². The zero-order valence-corrected chi connectivity index (χ0v) is 14.8. The first-order valence-corrected chi connectivity index (χ1v) is 8.81. The fourth-order valence-corrected chi connectivity index (χ4v) is 2.78. The summed E-state index contributed by atoms with van der Waals surface area (Å²) in [6, 6.07) is 16.5. The number of H-pyrrole nitrogens is 1. The van der Waals surface area contributed by atoms with Crippen molar-refractivity contribution in [1.82, 2.24) is 14.9 Å². The van der Waals surface area contributed by atoms with Crippen molar-refractivity contribution in [3.63, 3.8) is 0 Å². The van der Waals surface area contributed by atoms with Gasteiger partial charge in [0.2, 0.25) is 5.91 Å². The average Bonchev–Trinajstić information content (AvgIpc) is 2.69. The lowest BCUT2D eigenvalue weighted by Crippen LogP contribution is -2.39. The third kappa shape index (κ3) is 4.84. The molecule has 1 aromatic heterocycles. The fourth-order valence-electron chi connectivity index (χ4n) is 2.78. The van der Waals surface area contributed by atoms with Gasteiger partial charge in [-0.25, -0.2) is 0 Å². The highest BCUT2D eigenvalue weighted by Gasteiger charge is 2.08. The average molecular weight is 367 g/mol. The molecule has 0 saturated carbocycles. The Labute approximate surface area is 155 Å². The quantitative estimate of drug-likeness (QED) is 0.468. The Morgan fingerprint density at radius 1 is 1.04 bits per heavy atom. The van der Waals surface area contributed by atoms with Gasteiger partial charge in [-0.1, -0.05) is 30.3 Å². The van der Waals surface area contributed by atoms with Gasteiger partial charge in [0.1, 0.15) is 5.75 Å². The number of nitrogens with one attached hydrogen (secondary N) is 2. The van der Waals surface area contributed by atoms with Gasteiger partial charge >= 0.3 is 11.1 Å². The van der Waals surface area contributed by atoms with Crippen LogP contribution >= 0.6 is 0 Å². The van der Waals surface area contributed by atoms with E-state index in [-0.39, 0.29) is 19.0 Å². The molecule has 2 aromatic carbocycles. The summed E-state index contributed by atoms with van der Waals surface area (Å²) in [5.41, 5.74) is -0.0728. The molecule has 0 unspecified atom stereocenters. The van der Waals surface area contributed by atoms with Crippen LogP contribution in [0.2, 0.25) is 0 Å². The van der Waals surface area contributed by atoms with Crippen molar-refractivity contribution >= 4 is 16.9 Å². The van der Waals surface area contributed by atoms with E-state index in [9.17, 15) is 14.4 Å². The van der Waals surface area contributed by atoms with Gasteiger partial charge in [0.05, 0.1) is 17.6 Å². The minimum atomic E-state index is -0.668. The molecule has 0 aliphatic heterocycles. The Balaban J connectivity index is 1.48. The van der Waals surface area contributed by atoms with Gasteiger partial charge < -0.3 is 19.6 Å². The van der Waals surface area contributed by atoms with E-state index < -0.39 is 11.1 Å². The van der Waals surface area contributed by atoms with Gasteiger partial charge in [0.15, 0.2) is 0 Å². The van der Waals surface area contributed by atoms with Crippen molar-refractivity contribution in [1.29, 1.82) is 0 Å². The fraction of sp³-hybridized carbons (Fsp3) is 0.250. The summed E-state index contributed by atoms with van der Waals surface area (Å²) in [7, 11) is 0.